The second kappa shape index (κ2) is 5.09. The second-order valence-corrected chi connectivity index (χ2v) is 3.35. The molecule has 1 fully saturated rings. The van der Waals surface area contributed by atoms with Crippen LogP contribution in [0.25, 0.3) is 0 Å². The first kappa shape index (κ1) is 9.45. The van der Waals surface area contributed by atoms with Crippen LogP contribution >= 0.6 is 0 Å². The minimum atomic E-state index is -0.230. The van der Waals surface area contributed by atoms with Crippen molar-refractivity contribution in [2.45, 2.75) is 38.1 Å². The Morgan fingerprint density at radius 2 is 2.25 bits per heavy atom. The second-order valence-electron chi connectivity index (χ2n) is 3.35. The Morgan fingerprint density at radius 1 is 1.42 bits per heavy atom. The number of nitrogens with zero attached hydrogens (tertiary/aromatic N) is 1. The SMILES string of the molecule is O=[N+]([O-])CCC1CCCCCN1. The van der Waals surface area contributed by atoms with Gasteiger partial charge in [0.2, 0.25) is 6.54 Å². The Balaban J connectivity index is 2.16. The average molecular weight is 172 g/mol. The zero-order valence-electron chi connectivity index (χ0n) is 7.29. The van der Waals surface area contributed by atoms with Gasteiger partial charge in [-0.2, -0.15) is 0 Å². The summed E-state index contributed by atoms with van der Waals surface area (Å²) >= 11 is 0. The van der Waals surface area contributed by atoms with E-state index in [-0.39, 0.29) is 11.5 Å². The zero-order chi connectivity index (χ0) is 8.81. The van der Waals surface area contributed by atoms with Gasteiger partial charge in [0, 0.05) is 17.4 Å². The van der Waals surface area contributed by atoms with Crippen molar-refractivity contribution < 1.29 is 4.92 Å². The van der Waals surface area contributed by atoms with E-state index in [4.69, 9.17) is 0 Å². The molecule has 1 aliphatic rings. The van der Waals surface area contributed by atoms with Crippen LogP contribution in [-0.2, 0) is 0 Å². The number of hydrogen-bond acceptors (Lipinski definition) is 3. The van der Waals surface area contributed by atoms with Crippen LogP contribution in [0, 0.1) is 10.1 Å². The van der Waals surface area contributed by atoms with E-state index in [1.165, 1.54) is 19.3 Å². The van der Waals surface area contributed by atoms with Gasteiger partial charge in [0.1, 0.15) is 0 Å². The maximum atomic E-state index is 10.1. The van der Waals surface area contributed by atoms with E-state index in [1.807, 2.05) is 0 Å². The Morgan fingerprint density at radius 3 is 3.00 bits per heavy atom. The van der Waals surface area contributed by atoms with E-state index in [1.54, 1.807) is 0 Å². The Bertz CT molecular complexity index is 142. The molecule has 0 aromatic heterocycles. The maximum absolute atomic E-state index is 10.1. The number of nitro groups is 1. The summed E-state index contributed by atoms with van der Waals surface area (Å²) in [6, 6.07) is 0.387. The fourth-order valence-corrected chi connectivity index (χ4v) is 1.61. The first-order valence-electron chi connectivity index (χ1n) is 4.64. The van der Waals surface area contributed by atoms with Gasteiger partial charge in [-0.25, -0.2) is 0 Å². The van der Waals surface area contributed by atoms with Gasteiger partial charge in [-0.15, -0.1) is 0 Å². The Labute approximate surface area is 72.5 Å². The molecular weight excluding hydrogens is 156 g/mol. The van der Waals surface area contributed by atoms with Crippen molar-refractivity contribution >= 4 is 0 Å². The van der Waals surface area contributed by atoms with Crippen molar-refractivity contribution in [1.82, 2.24) is 5.32 Å². The molecule has 1 atom stereocenters. The van der Waals surface area contributed by atoms with E-state index in [9.17, 15) is 10.1 Å². The van der Waals surface area contributed by atoms with E-state index in [0.717, 1.165) is 13.0 Å². The summed E-state index contributed by atoms with van der Waals surface area (Å²) < 4.78 is 0. The molecule has 1 rings (SSSR count). The fraction of sp³-hybridized carbons (Fsp3) is 1.00. The van der Waals surface area contributed by atoms with Crippen molar-refractivity contribution in [3.63, 3.8) is 0 Å². The van der Waals surface area contributed by atoms with Gasteiger partial charge in [-0.1, -0.05) is 12.8 Å². The minimum Gasteiger partial charge on any atom is -0.314 e. The summed E-state index contributed by atoms with van der Waals surface area (Å²) in [6.07, 6.45) is 5.49. The van der Waals surface area contributed by atoms with Crippen LogP contribution in [0.4, 0.5) is 0 Å². The van der Waals surface area contributed by atoms with Gasteiger partial charge in [0.15, 0.2) is 0 Å². The molecule has 0 aromatic carbocycles. The average Bonchev–Trinajstić information content (AvgIpc) is 2.28. The highest BCUT2D eigenvalue weighted by Crippen LogP contribution is 2.10. The quantitative estimate of drug-likeness (QED) is 0.514. The highest BCUT2D eigenvalue weighted by atomic mass is 16.6. The van der Waals surface area contributed by atoms with Crippen LogP contribution in [0.3, 0.4) is 0 Å². The molecule has 1 saturated heterocycles. The lowest BCUT2D eigenvalue weighted by Gasteiger charge is -2.12. The third-order valence-electron chi connectivity index (χ3n) is 2.32. The Hall–Kier alpha value is -0.640. The molecule has 0 saturated carbocycles. The maximum Gasteiger partial charge on any atom is 0.205 e. The summed E-state index contributed by atoms with van der Waals surface area (Å²) in [5, 5.41) is 13.4. The van der Waals surface area contributed by atoms with Gasteiger partial charge < -0.3 is 5.32 Å². The number of nitrogens with one attached hydrogen (secondary N) is 1. The summed E-state index contributed by atoms with van der Waals surface area (Å²) in [6.45, 7) is 1.14. The number of rotatable bonds is 3. The molecule has 4 heteroatoms. The lowest BCUT2D eigenvalue weighted by molar-refractivity contribution is -0.481. The predicted molar refractivity (Wildman–Crippen MR) is 46.7 cm³/mol. The van der Waals surface area contributed by atoms with Crippen molar-refractivity contribution in [2.75, 3.05) is 13.1 Å². The summed E-state index contributed by atoms with van der Waals surface area (Å²) in [5.74, 6) is 0. The lowest BCUT2D eigenvalue weighted by atomic mass is 10.1. The van der Waals surface area contributed by atoms with Crippen molar-refractivity contribution in [2.24, 2.45) is 0 Å². The summed E-state index contributed by atoms with van der Waals surface area (Å²) in [7, 11) is 0. The van der Waals surface area contributed by atoms with Gasteiger partial charge in [0.05, 0.1) is 0 Å². The van der Waals surface area contributed by atoms with Gasteiger partial charge >= 0.3 is 0 Å². The Kier molecular flexibility index (Phi) is 4.00. The van der Waals surface area contributed by atoms with E-state index >= 15 is 0 Å². The molecule has 0 aliphatic carbocycles. The van der Waals surface area contributed by atoms with E-state index in [0.29, 0.717) is 12.5 Å². The fourth-order valence-electron chi connectivity index (χ4n) is 1.61. The molecule has 0 aromatic rings. The van der Waals surface area contributed by atoms with Crippen LogP contribution in [0.2, 0.25) is 0 Å². The smallest absolute Gasteiger partial charge is 0.205 e. The zero-order valence-corrected chi connectivity index (χ0v) is 7.29. The molecule has 1 aliphatic heterocycles. The monoisotopic (exact) mass is 172 g/mol. The topological polar surface area (TPSA) is 55.2 Å². The summed E-state index contributed by atoms with van der Waals surface area (Å²) in [4.78, 5) is 9.88. The molecule has 0 amide bonds. The molecule has 1 unspecified atom stereocenters. The molecule has 1 heterocycles. The normalized spacial score (nSPS) is 24.8. The molecule has 0 spiro atoms. The van der Waals surface area contributed by atoms with Crippen LogP contribution in [0.5, 0.6) is 0 Å². The first-order valence-corrected chi connectivity index (χ1v) is 4.64. The highest BCUT2D eigenvalue weighted by Gasteiger charge is 2.13. The third-order valence-corrected chi connectivity index (χ3v) is 2.32. The first-order chi connectivity index (χ1) is 5.79. The minimum absolute atomic E-state index is 0.109. The van der Waals surface area contributed by atoms with Gasteiger partial charge in [0.25, 0.3) is 0 Å². The molecule has 12 heavy (non-hydrogen) atoms. The molecule has 0 bridgehead atoms. The van der Waals surface area contributed by atoms with Crippen LogP contribution in [0.1, 0.15) is 32.1 Å². The summed E-state index contributed by atoms with van der Waals surface area (Å²) in [5.41, 5.74) is 0. The number of hydrogen-bond donors (Lipinski definition) is 1. The third kappa shape index (κ3) is 3.67. The highest BCUT2D eigenvalue weighted by molar-refractivity contribution is 4.69. The lowest BCUT2D eigenvalue weighted by Crippen LogP contribution is -2.30. The van der Waals surface area contributed by atoms with Crippen molar-refractivity contribution in [1.29, 1.82) is 0 Å². The van der Waals surface area contributed by atoms with Gasteiger partial charge in [-0.3, -0.25) is 10.1 Å². The van der Waals surface area contributed by atoms with E-state index < -0.39 is 0 Å². The van der Waals surface area contributed by atoms with Crippen molar-refractivity contribution in [3.8, 4) is 0 Å². The van der Waals surface area contributed by atoms with Gasteiger partial charge in [-0.05, 0) is 19.4 Å². The molecule has 1 N–H and O–H groups in total. The van der Waals surface area contributed by atoms with Crippen LogP contribution in [0.15, 0.2) is 0 Å². The molecule has 70 valence electrons. The largest absolute Gasteiger partial charge is 0.314 e. The van der Waals surface area contributed by atoms with Crippen LogP contribution in [-0.4, -0.2) is 24.1 Å². The predicted octanol–water partition coefficient (Wildman–Crippen LogP) is 1.19. The van der Waals surface area contributed by atoms with Crippen LogP contribution < -0.4 is 5.32 Å². The van der Waals surface area contributed by atoms with E-state index in [2.05, 4.69) is 5.32 Å². The standard InChI is InChI=1S/C8H16N2O2/c11-10(12)7-5-8-4-2-1-3-6-9-8/h8-9H,1-7H2. The molecule has 4 nitrogen and oxygen atoms in total. The molecular formula is C8H16N2O2. The van der Waals surface area contributed by atoms with Crippen molar-refractivity contribution in [3.05, 3.63) is 10.1 Å². The molecule has 0 radical (unpaired) electrons.